The van der Waals surface area contributed by atoms with Gasteiger partial charge in [0.15, 0.2) is 23.1 Å². The maximum Gasteiger partial charge on any atom is 0.273 e. The molecule has 0 saturated heterocycles. The Labute approximate surface area is 128 Å². The number of benzene rings is 2. The van der Waals surface area contributed by atoms with Crippen LogP contribution in [0, 0.1) is 21.7 Å². The molecule has 0 spiro atoms. The Bertz CT molecular complexity index is 687. The molecule has 0 amide bonds. The van der Waals surface area contributed by atoms with Crippen molar-refractivity contribution in [3.05, 3.63) is 62.7 Å². The number of halogens is 4. The first-order valence-corrected chi connectivity index (χ1v) is 6.49. The Morgan fingerprint density at radius 1 is 1.19 bits per heavy atom. The molecule has 4 nitrogen and oxygen atoms in total. The fourth-order valence-electron chi connectivity index (χ4n) is 1.58. The molecule has 8 heteroatoms. The first-order chi connectivity index (χ1) is 9.92. The predicted molar refractivity (Wildman–Crippen MR) is 74.1 cm³/mol. The lowest BCUT2D eigenvalue weighted by Crippen LogP contribution is -1.96. The van der Waals surface area contributed by atoms with E-state index in [1.54, 1.807) is 0 Å². The average molecular weight is 334 g/mol. The van der Waals surface area contributed by atoms with Crippen LogP contribution >= 0.6 is 23.2 Å². The summed E-state index contributed by atoms with van der Waals surface area (Å²) in [6, 6.07) is 5.36. The Balaban J connectivity index is 2.43. The summed E-state index contributed by atoms with van der Waals surface area (Å²) in [5, 5.41) is 10.7. The van der Waals surface area contributed by atoms with E-state index in [1.165, 1.54) is 6.07 Å². The second-order valence-electron chi connectivity index (χ2n) is 4.00. The van der Waals surface area contributed by atoms with Crippen LogP contribution in [-0.4, -0.2) is 4.92 Å². The lowest BCUT2D eigenvalue weighted by atomic mass is 10.2. The van der Waals surface area contributed by atoms with Gasteiger partial charge in [0.05, 0.1) is 16.0 Å². The maximum absolute atomic E-state index is 13.8. The van der Waals surface area contributed by atoms with Crippen molar-refractivity contribution in [3.8, 4) is 11.5 Å². The minimum atomic E-state index is -0.978. The highest BCUT2D eigenvalue weighted by atomic mass is 35.5. The Hall–Kier alpha value is -1.92. The van der Waals surface area contributed by atoms with E-state index >= 15 is 0 Å². The molecule has 0 N–H and O–H groups in total. The molecule has 0 aliphatic rings. The first kappa shape index (κ1) is 15.5. The van der Waals surface area contributed by atoms with E-state index in [0.29, 0.717) is 0 Å². The van der Waals surface area contributed by atoms with Crippen molar-refractivity contribution in [1.29, 1.82) is 0 Å². The molecule has 2 aromatic rings. The zero-order valence-corrected chi connectivity index (χ0v) is 11.8. The number of hydrogen-bond acceptors (Lipinski definition) is 3. The smallest absolute Gasteiger partial charge is 0.273 e. The summed E-state index contributed by atoms with van der Waals surface area (Å²) >= 11 is 11.3. The number of nitro benzene ring substituents is 1. The third kappa shape index (κ3) is 3.40. The number of ether oxygens (including phenoxy) is 1. The quantitative estimate of drug-likeness (QED) is 0.446. The second kappa shape index (κ2) is 6.24. The van der Waals surface area contributed by atoms with E-state index in [1.807, 2.05) is 0 Å². The number of nitrogens with zero attached hydrogens (tertiary/aromatic N) is 1. The summed E-state index contributed by atoms with van der Waals surface area (Å²) in [6.45, 7) is 0. The van der Waals surface area contributed by atoms with Crippen LogP contribution in [0.4, 0.5) is 14.5 Å². The fourth-order valence-corrected chi connectivity index (χ4v) is 1.89. The molecular formula is C13H7Cl2F2NO3. The lowest BCUT2D eigenvalue weighted by Gasteiger charge is -2.10. The average Bonchev–Trinajstić information content (AvgIpc) is 2.44. The van der Waals surface area contributed by atoms with E-state index in [9.17, 15) is 18.9 Å². The van der Waals surface area contributed by atoms with Gasteiger partial charge in [-0.2, -0.15) is 0 Å². The summed E-state index contributed by atoms with van der Waals surface area (Å²) in [5.41, 5.74) is -0.0725. The van der Waals surface area contributed by atoms with Crippen LogP contribution in [-0.2, 0) is 5.88 Å². The summed E-state index contributed by atoms with van der Waals surface area (Å²) in [4.78, 5) is 10.0. The van der Waals surface area contributed by atoms with Crippen LogP contribution in [0.3, 0.4) is 0 Å². The Morgan fingerprint density at radius 3 is 2.33 bits per heavy atom. The molecule has 21 heavy (non-hydrogen) atoms. The molecule has 0 atom stereocenters. The standard InChI is InChI=1S/C13H7Cl2F2NO3/c14-6-7-3-10(16)13(11(17)4-7)21-12-5-8(18(19)20)1-2-9(12)15/h1-5H,6H2. The van der Waals surface area contributed by atoms with Gasteiger partial charge in [-0.05, 0) is 23.8 Å². The second-order valence-corrected chi connectivity index (χ2v) is 4.67. The van der Waals surface area contributed by atoms with Gasteiger partial charge in [0, 0.05) is 11.9 Å². The van der Waals surface area contributed by atoms with E-state index in [0.717, 1.165) is 24.3 Å². The lowest BCUT2D eigenvalue weighted by molar-refractivity contribution is -0.384. The molecule has 0 aromatic heterocycles. The number of nitro groups is 1. The van der Waals surface area contributed by atoms with Crippen molar-refractivity contribution in [1.82, 2.24) is 0 Å². The van der Waals surface area contributed by atoms with Gasteiger partial charge in [-0.1, -0.05) is 11.6 Å². The molecule has 0 radical (unpaired) electrons. The van der Waals surface area contributed by atoms with Gasteiger partial charge < -0.3 is 4.74 Å². The SMILES string of the molecule is O=[N+]([O-])c1ccc(Cl)c(Oc2c(F)cc(CCl)cc2F)c1. The molecule has 110 valence electrons. The molecule has 0 aliphatic carbocycles. The number of rotatable bonds is 4. The largest absolute Gasteiger partial charge is 0.449 e. The zero-order valence-electron chi connectivity index (χ0n) is 10.3. The van der Waals surface area contributed by atoms with Gasteiger partial charge in [0.25, 0.3) is 5.69 Å². The van der Waals surface area contributed by atoms with Crippen LogP contribution in [0.25, 0.3) is 0 Å². The number of hydrogen-bond donors (Lipinski definition) is 0. The van der Waals surface area contributed by atoms with Crippen LogP contribution in [0.2, 0.25) is 5.02 Å². The third-order valence-electron chi connectivity index (χ3n) is 2.55. The molecular weight excluding hydrogens is 327 g/mol. The van der Waals surface area contributed by atoms with E-state index in [-0.39, 0.29) is 27.9 Å². The highest BCUT2D eigenvalue weighted by Crippen LogP contribution is 2.35. The maximum atomic E-state index is 13.8. The minimum Gasteiger partial charge on any atom is -0.449 e. The van der Waals surface area contributed by atoms with E-state index in [4.69, 9.17) is 27.9 Å². The molecule has 0 aliphatic heterocycles. The normalized spacial score (nSPS) is 10.5. The number of non-ortho nitro benzene ring substituents is 1. The summed E-state index contributed by atoms with van der Waals surface area (Å²) in [5.74, 6) is -2.94. The van der Waals surface area contributed by atoms with Crippen LogP contribution in [0.5, 0.6) is 11.5 Å². The Kier molecular flexibility index (Phi) is 4.59. The minimum absolute atomic E-state index is 0.0131. The fraction of sp³-hybridized carbons (Fsp3) is 0.0769. The van der Waals surface area contributed by atoms with Gasteiger partial charge in [0.1, 0.15) is 0 Å². The molecule has 0 fully saturated rings. The summed E-state index contributed by atoms with van der Waals surface area (Å²) in [7, 11) is 0. The monoisotopic (exact) mass is 333 g/mol. The van der Waals surface area contributed by atoms with Crippen LogP contribution < -0.4 is 4.74 Å². The van der Waals surface area contributed by atoms with Crippen LogP contribution in [0.15, 0.2) is 30.3 Å². The van der Waals surface area contributed by atoms with Crippen molar-refractivity contribution < 1.29 is 18.4 Å². The molecule has 0 bridgehead atoms. The van der Waals surface area contributed by atoms with Crippen molar-refractivity contribution in [3.63, 3.8) is 0 Å². The van der Waals surface area contributed by atoms with Crippen molar-refractivity contribution >= 4 is 28.9 Å². The topological polar surface area (TPSA) is 52.4 Å². The van der Waals surface area contributed by atoms with Gasteiger partial charge in [-0.15, -0.1) is 11.6 Å². The van der Waals surface area contributed by atoms with E-state index in [2.05, 4.69) is 0 Å². The highest BCUT2D eigenvalue weighted by molar-refractivity contribution is 6.32. The van der Waals surface area contributed by atoms with Crippen molar-refractivity contribution in [2.24, 2.45) is 0 Å². The zero-order chi connectivity index (χ0) is 15.6. The van der Waals surface area contributed by atoms with Crippen LogP contribution in [0.1, 0.15) is 5.56 Å². The van der Waals surface area contributed by atoms with Crippen molar-refractivity contribution in [2.75, 3.05) is 0 Å². The molecule has 0 unspecified atom stereocenters. The van der Waals surface area contributed by atoms with E-state index < -0.39 is 22.3 Å². The number of alkyl halides is 1. The molecule has 0 heterocycles. The Morgan fingerprint density at radius 2 is 1.81 bits per heavy atom. The third-order valence-corrected chi connectivity index (χ3v) is 3.17. The van der Waals surface area contributed by atoms with Crippen molar-refractivity contribution in [2.45, 2.75) is 5.88 Å². The molecule has 2 rings (SSSR count). The summed E-state index contributed by atoms with van der Waals surface area (Å²) < 4.78 is 32.6. The molecule has 2 aromatic carbocycles. The van der Waals surface area contributed by atoms with Gasteiger partial charge in [0.2, 0.25) is 0 Å². The predicted octanol–water partition coefficient (Wildman–Crippen LogP) is 5.06. The van der Waals surface area contributed by atoms with Gasteiger partial charge >= 0.3 is 0 Å². The molecule has 0 saturated carbocycles. The first-order valence-electron chi connectivity index (χ1n) is 5.58. The highest BCUT2D eigenvalue weighted by Gasteiger charge is 2.17. The summed E-state index contributed by atoms with van der Waals surface area (Å²) in [6.07, 6.45) is 0. The van der Waals surface area contributed by atoms with Gasteiger partial charge in [-0.25, -0.2) is 8.78 Å². The van der Waals surface area contributed by atoms with Gasteiger partial charge in [-0.3, -0.25) is 10.1 Å².